The molecule has 0 bridgehead atoms. The van der Waals surface area contributed by atoms with Gasteiger partial charge >= 0.3 is 25.7 Å². The minimum absolute atomic E-state index is 0.0785. The lowest BCUT2D eigenvalue weighted by molar-refractivity contribution is -0.133. The van der Waals surface area contributed by atoms with E-state index in [4.69, 9.17) is 16.8 Å². The first-order valence-corrected chi connectivity index (χ1v) is 21.3. The van der Waals surface area contributed by atoms with Crippen LogP contribution in [-0.4, -0.2) is 64.4 Å². The van der Waals surface area contributed by atoms with Crippen molar-refractivity contribution in [3.8, 4) is 0 Å². The van der Waals surface area contributed by atoms with Crippen molar-refractivity contribution < 1.29 is 26.4 Å². The highest BCUT2D eigenvalue weighted by Crippen LogP contribution is 2.27. The molecule has 166 valence electrons. The van der Waals surface area contributed by atoms with E-state index in [1.54, 1.807) is 11.8 Å². The van der Waals surface area contributed by atoms with E-state index in [1.165, 1.54) is 6.92 Å². The number of carbonyl (C=O) groups is 2. The van der Waals surface area contributed by atoms with Gasteiger partial charge in [-0.2, -0.15) is 0 Å². The topological polar surface area (TPSA) is 74.3 Å². The first-order valence-electron chi connectivity index (χ1n) is 9.78. The van der Waals surface area contributed by atoms with Gasteiger partial charge in [0.15, 0.2) is 8.32 Å². The van der Waals surface area contributed by atoms with E-state index in [-0.39, 0.29) is 11.9 Å². The number of hydrogen-bond donors (Lipinski definition) is 0. The van der Waals surface area contributed by atoms with E-state index in [9.17, 15) is 9.59 Å². The summed E-state index contributed by atoms with van der Waals surface area (Å²) in [4.78, 5) is 24.5. The smallest absolute Gasteiger partial charge is 0.386 e. The van der Waals surface area contributed by atoms with E-state index in [0.717, 1.165) is 12.6 Å². The second-order valence-electron chi connectivity index (χ2n) is 9.57. The fraction of sp³-hybridized carbons (Fsp3) is 0.882. The molecule has 28 heavy (non-hydrogen) atoms. The molecule has 0 radical (unpaired) electrons. The monoisotopic (exact) mass is 467 g/mol. The van der Waals surface area contributed by atoms with Crippen LogP contribution >= 0.6 is 0 Å². The summed E-state index contributed by atoms with van der Waals surface area (Å²) in [7, 11) is -7.73. The fourth-order valence-corrected chi connectivity index (χ4v) is 22.7. The summed E-state index contributed by atoms with van der Waals surface area (Å²) in [6.07, 6.45) is 0. The van der Waals surface area contributed by atoms with Crippen molar-refractivity contribution in [3.63, 3.8) is 0 Å². The summed E-state index contributed by atoms with van der Waals surface area (Å²) >= 11 is 0. The van der Waals surface area contributed by atoms with Crippen LogP contribution in [0.5, 0.6) is 0 Å². The van der Waals surface area contributed by atoms with Gasteiger partial charge < -0.3 is 21.7 Å². The van der Waals surface area contributed by atoms with Crippen LogP contribution in [0.3, 0.4) is 0 Å². The van der Waals surface area contributed by atoms with E-state index in [2.05, 4.69) is 20.0 Å². The Hall–Kier alpha value is -0.312. The second kappa shape index (κ2) is 10.1. The minimum Gasteiger partial charge on any atom is -0.495 e. The SMILES string of the molecule is CC(=O)O[Si](C)(C)O[Si](C)(C)O[Si](C)(C)O[Si](C)(C)CC(C)CN(C)C(C)=O. The molecule has 0 aromatic carbocycles. The molecule has 1 amide bonds. The third-order valence-electron chi connectivity index (χ3n) is 3.86. The van der Waals surface area contributed by atoms with Gasteiger partial charge in [-0.3, -0.25) is 9.59 Å². The summed E-state index contributed by atoms with van der Waals surface area (Å²) in [6, 6.07) is 0.945. The van der Waals surface area contributed by atoms with E-state index in [0.29, 0.717) is 5.92 Å². The summed E-state index contributed by atoms with van der Waals surface area (Å²) < 4.78 is 24.6. The highest BCUT2D eigenvalue weighted by Gasteiger charge is 2.45. The maximum absolute atomic E-state index is 11.5. The molecule has 0 heterocycles. The molecule has 0 aliphatic carbocycles. The molecule has 0 spiro atoms. The fourth-order valence-electron chi connectivity index (χ4n) is 3.80. The van der Waals surface area contributed by atoms with Crippen LogP contribution in [0, 0.1) is 5.92 Å². The van der Waals surface area contributed by atoms with Crippen molar-refractivity contribution >= 4 is 45.9 Å². The zero-order valence-corrected chi connectivity index (χ0v) is 23.9. The van der Waals surface area contributed by atoms with Gasteiger partial charge in [0.2, 0.25) is 5.91 Å². The predicted octanol–water partition coefficient (Wildman–Crippen LogP) is 4.02. The van der Waals surface area contributed by atoms with Crippen LogP contribution in [0.15, 0.2) is 0 Å². The summed E-state index contributed by atoms with van der Waals surface area (Å²) in [6.45, 7) is 22.0. The second-order valence-corrected chi connectivity index (χ2v) is 24.5. The normalized spacial score (nSPS) is 14.6. The van der Waals surface area contributed by atoms with Crippen LogP contribution in [0.2, 0.25) is 58.4 Å². The van der Waals surface area contributed by atoms with Gasteiger partial charge in [-0.15, -0.1) is 0 Å². The number of amides is 1. The quantitative estimate of drug-likeness (QED) is 0.427. The summed E-state index contributed by atoms with van der Waals surface area (Å²) in [5.41, 5.74) is 0. The van der Waals surface area contributed by atoms with E-state index < -0.39 is 34.0 Å². The van der Waals surface area contributed by atoms with Crippen LogP contribution in [0.1, 0.15) is 20.8 Å². The van der Waals surface area contributed by atoms with Crippen LogP contribution in [0.25, 0.3) is 0 Å². The molecule has 0 fully saturated rings. The lowest BCUT2D eigenvalue weighted by Gasteiger charge is -2.41. The highest BCUT2D eigenvalue weighted by atomic mass is 28.5. The molecule has 0 saturated heterocycles. The zero-order valence-electron chi connectivity index (χ0n) is 19.9. The molecule has 11 heteroatoms. The standard InChI is InChI=1S/C17H41NO6Si4/c1-15(13-18(4)16(2)19)14-25(5,6)22-27(9,10)24-28(11,12)23-26(7,8)21-17(3)20/h15H,13-14H2,1-12H3. The molecular weight excluding hydrogens is 427 g/mol. The first kappa shape index (κ1) is 27.7. The van der Waals surface area contributed by atoms with Gasteiger partial charge in [-0.25, -0.2) is 0 Å². The third kappa shape index (κ3) is 12.3. The van der Waals surface area contributed by atoms with Crippen molar-refractivity contribution in [2.75, 3.05) is 13.6 Å². The van der Waals surface area contributed by atoms with Crippen molar-refractivity contribution in [2.24, 2.45) is 5.92 Å². The van der Waals surface area contributed by atoms with Crippen LogP contribution in [-0.2, 0) is 26.4 Å². The Morgan fingerprint density at radius 1 is 0.821 bits per heavy atom. The Morgan fingerprint density at radius 2 is 1.25 bits per heavy atom. The molecule has 1 atom stereocenters. The van der Waals surface area contributed by atoms with Gasteiger partial charge in [-0.05, 0) is 64.3 Å². The van der Waals surface area contributed by atoms with Crippen molar-refractivity contribution in [3.05, 3.63) is 0 Å². The van der Waals surface area contributed by atoms with E-state index in [1.807, 2.05) is 46.3 Å². The summed E-state index contributed by atoms with van der Waals surface area (Å²) in [5.74, 6) is 0.110. The Balaban J connectivity index is 4.95. The van der Waals surface area contributed by atoms with Crippen molar-refractivity contribution in [2.45, 2.75) is 79.2 Å². The number of nitrogens with zero attached hydrogens (tertiary/aromatic N) is 1. The van der Waals surface area contributed by atoms with Gasteiger partial charge in [0.05, 0.1) is 0 Å². The van der Waals surface area contributed by atoms with Crippen LogP contribution in [0.4, 0.5) is 0 Å². The van der Waals surface area contributed by atoms with Crippen molar-refractivity contribution in [1.29, 1.82) is 0 Å². The molecule has 0 aliphatic heterocycles. The lowest BCUT2D eigenvalue weighted by Crippen LogP contribution is -2.57. The lowest BCUT2D eigenvalue weighted by atomic mass is 10.2. The maximum atomic E-state index is 11.5. The van der Waals surface area contributed by atoms with Gasteiger partial charge in [0.1, 0.15) is 0 Å². The number of hydrogen-bond acceptors (Lipinski definition) is 6. The molecule has 0 aromatic rings. The molecule has 1 unspecified atom stereocenters. The minimum atomic E-state index is -2.59. The maximum Gasteiger partial charge on any atom is 0.386 e. The molecule has 0 rings (SSSR count). The Labute approximate surface area is 176 Å². The average molecular weight is 468 g/mol. The molecule has 0 aromatic heterocycles. The Bertz CT molecular complexity index is 554. The molecule has 7 nitrogen and oxygen atoms in total. The molecule has 0 N–H and O–H groups in total. The Morgan fingerprint density at radius 3 is 1.68 bits per heavy atom. The third-order valence-corrected chi connectivity index (χ3v) is 18.4. The highest BCUT2D eigenvalue weighted by molar-refractivity contribution is 6.88. The molecular formula is C17H41NO6Si4. The molecule has 0 aliphatic rings. The van der Waals surface area contributed by atoms with Crippen LogP contribution < -0.4 is 0 Å². The number of rotatable bonds is 11. The zero-order chi connectivity index (χ0) is 22.6. The predicted molar refractivity (Wildman–Crippen MR) is 122 cm³/mol. The molecule has 0 saturated carbocycles. The first-order chi connectivity index (χ1) is 12.3. The summed E-state index contributed by atoms with van der Waals surface area (Å²) in [5, 5.41) is 0. The van der Waals surface area contributed by atoms with Gasteiger partial charge in [0, 0.05) is 27.4 Å². The van der Waals surface area contributed by atoms with Gasteiger partial charge in [-0.1, -0.05) is 6.92 Å². The van der Waals surface area contributed by atoms with Gasteiger partial charge in [0.25, 0.3) is 5.97 Å². The average Bonchev–Trinajstić information content (AvgIpc) is 2.29. The Kier molecular flexibility index (Phi) is 10.0. The van der Waals surface area contributed by atoms with E-state index >= 15 is 0 Å². The number of carbonyl (C=O) groups excluding carboxylic acids is 2. The van der Waals surface area contributed by atoms with Crippen molar-refractivity contribution in [1.82, 2.24) is 4.90 Å². The largest absolute Gasteiger partial charge is 0.495 e.